The number of aryl methyl sites for hydroxylation is 3. The molecule has 0 aliphatic carbocycles. The van der Waals surface area contributed by atoms with Crippen LogP contribution in [-0.4, -0.2) is 37.4 Å². The maximum Gasteiger partial charge on any atom is 0.275 e. The van der Waals surface area contributed by atoms with Crippen molar-refractivity contribution in [3.8, 4) is 0 Å². The zero-order valence-corrected chi connectivity index (χ0v) is 13.5. The summed E-state index contributed by atoms with van der Waals surface area (Å²) in [7, 11) is 5.46. The van der Waals surface area contributed by atoms with Gasteiger partial charge < -0.3 is 4.90 Å². The quantitative estimate of drug-likeness (QED) is 0.764. The molecule has 0 aliphatic heterocycles. The first-order chi connectivity index (χ1) is 8.88. The van der Waals surface area contributed by atoms with Crippen LogP contribution < -0.4 is 0 Å². The zero-order valence-electron chi connectivity index (χ0n) is 11.4. The first kappa shape index (κ1) is 14.0. The second-order valence-corrected chi connectivity index (χ2v) is 5.74. The molecular formula is C12H16IN5O. The van der Waals surface area contributed by atoms with Crippen LogP contribution >= 0.6 is 22.6 Å². The van der Waals surface area contributed by atoms with E-state index in [1.165, 1.54) is 0 Å². The highest BCUT2D eigenvalue weighted by molar-refractivity contribution is 14.1. The standard InChI is InChI=1S/C12H16IN5O/c1-8-9(6-17(3)14-8)5-16(2)12(19)11-10(13)7-18(4)15-11/h6-7H,5H2,1-4H3. The van der Waals surface area contributed by atoms with Crippen molar-refractivity contribution in [3.63, 3.8) is 0 Å². The van der Waals surface area contributed by atoms with E-state index < -0.39 is 0 Å². The van der Waals surface area contributed by atoms with Gasteiger partial charge in [-0.3, -0.25) is 14.2 Å². The zero-order chi connectivity index (χ0) is 14.2. The Hall–Kier alpha value is -1.38. The van der Waals surface area contributed by atoms with Crippen molar-refractivity contribution in [1.82, 2.24) is 24.5 Å². The number of halogens is 1. The second-order valence-electron chi connectivity index (χ2n) is 4.57. The molecule has 2 rings (SSSR count). The van der Waals surface area contributed by atoms with E-state index in [1.807, 2.05) is 33.4 Å². The van der Waals surface area contributed by atoms with E-state index in [4.69, 9.17) is 0 Å². The minimum atomic E-state index is -0.0757. The van der Waals surface area contributed by atoms with Gasteiger partial charge in [0.15, 0.2) is 5.69 Å². The predicted octanol–water partition coefficient (Wildman–Crippen LogP) is 1.34. The summed E-state index contributed by atoms with van der Waals surface area (Å²) < 4.78 is 4.27. The Bertz CT molecular complexity index is 616. The first-order valence-electron chi connectivity index (χ1n) is 5.82. The van der Waals surface area contributed by atoms with E-state index in [0.717, 1.165) is 14.8 Å². The molecule has 1 amide bonds. The number of carbonyl (C=O) groups is 1. The van der Waals surface area contributed by atoms with Crippen molar-refractivity contribution in [2.45, 2.75) is 13.5 Å². The monoisotopic (exact) mass is 373 g/mol. The number of nitrogens with zero attached hydrogens (tertiary/aromatic N) is 5. The van der Waals surface area contributed by atoms with Gasteiger partial charge >= 0.3 is 0 Å². The summed E-state index contributed by atoms with van der Waals surface area (Å²) in [5.74, 6) is -0.0757. The fraction of sp³-hybridized carbons (Fsp3) is 0.417. The fourth-order valence-electron chi connectivity index (χ4n) is 1.92. The Labute approximate surface area is 125 Å². The average molecular weight is 373 g/mol. The van der Waals surface area contributed by atoms with Crippen LogP contribution in [0.25, 0.3) is 0 Å². The molecule has 102 valence electrons. The first-order valence-corrected chi connectivity index (χ1v) is 6.90. The number of rotatable bonds is 3. The largest absolute Gasteiger partial charge is 0.336 e. The number of carbonyl (C=O) groups excluding carboxylic acids is 1. The summed E-state index contributed by atoms with van der Waals surface area (Å²) in [5, 5.41) is 8.47. The smallest absolute Gasteiger partial charge is 0.275 e. The third-order valence-corrected chi connectivity index (χ3v) is 3.65. The highest BCUT2D eigenvalue weighted by Gasteiger charge is 2.19. The molecule has 2 aromatic rings. The van der Waals surface area contributed by atoms with E-state index in [2.05, 4.69) is 32.8 Å². The number of aromatic nitrogens is 4. The fourth-order valence-corrected chi connectivity index (χ4v) is 2.66. The van der Waals surface area contributed by atoms with Gasteiger partial charge in [0.05, 0.1) is 9.26 Å². The third-order valence-electron chi connectivity index (χ3n) is 2.86. The molecule has 7 heteroatoms. The van der Waals surface area contributed by atoms with Crippen molar-refractivity contribution in [2.24, 2.45) is 14.1 Å². The van der Waals surface area contributed by atoms with Crippen molar-refractivity contribution in [3.05, 3.63) is 32.9 Å². The molecule has 6 nitrogen and oxygen atoms in total. The van der Waals surface area contributed by atoms with Crippen LogP contribution in [0.15, 0.2) is 12.4 Å². The van der Waals surface area contributed by atoms with Crippen LogP contribution in [0.2, 0.25) is 0 Å². The van der Waals surface area contributed by atoms with E-state index in [9.17, 15) is 4.79 Å². The van der Waals surface area contributed by atoms with Gasteiger partial charge in [-0.05, 0) is 29.5 Å². The molecule has 0 saturated carbocycles. The van der Waals surface area contributed by atoms with Gasteiger partial charge in [0.25, 0.3) is 5.91 Å². The Morgan fingerprint density at radius 2 is 1.95 bits per heavy atom. The maximum absolute atomic E-state index is 12.3. The topological polar surface area (TPSA) is 56.0 Å². The summed E-state index contributed by atoms with van der Waals surface area (Å²) >= 11 is 2.12. The Balaban J connectivity index is 2.16. The molecule has 0 atom stereocenters. The van der Waals surface area contributed by atoms with Crippen LogP contribution in [-0.2, 0) is 20.6 Å². The van der Waals surface area contributed by atoms with E-state index in [0.29, 0.717) is 12.2 Å². The van der Waals surface area contributed by atoms with E-state index >= 15 is 0 Å². The highest BCUT2D eigenvalue weighted by atomic mass is 127. The predicted molar refractivity (Wildman–Crippen MR) is 79.7 cm³/mol. The van der Waals surface area contributed by atoms with Gasteiger partial charge in [-0.1, -0.05) is 0 Å². The van der Waals surface area contributed by atoms with Gasteiger partial charge in [0, 0.05) is 45.6 Å². The Morgan fingerprint density at radius 3 is 2.42 bits per heavy atom. The number of hydrogen-bond acceptors (Lipinski definition) is 3. The molecule has 2 aromatic heterocycles. The maximum atomic E-state index is 12.3. The second kappa shape index (κ2) is 5.32. The lowest BCUT2D eigenvalue weighted by Gasteiger charge is -2.15. The molecule has 2 heterocycles. The molecule has 0 radical (unpaired) electrons. The highest BCUT2D eigenvalue weighted by Crippen LogP contribution is 2.14. The van der Waals surface area contributed by atoms with Gasteiger partial charge in [-0.2, -0.15) is 10.2 Å². The van der Waals surface area contributed by atoms with Gasteiger partial charge in [-0.25, -0.2) is 0 Å². The molecule has 19 heavy (non-hydrogen) atoms. The lowest BCUT2D eigenvalue weighted by atomic mass is 10.2. The van der Waals surface area contributed by atoms with Crippen LogP contribution in [0.5, 0.6) is 0 Å². The van der Waals surface area contributed by atoms with E-state index in [1.54, 1.807) is 21.3 Å². The van der Waals surface area contributed by atoms with Crippen molar-refractivity contribution >= 4 is 28.5 Å². The number of hydrogen-bond donors (Lipinski definition) is 0. The van der Waals surface area contributed by atoms with Crippen LogP contribution in [0.3, 0.4) is 0 Å². The van der Waals surface area contributed by atoms with Crippen molar-refractivity contribution in [2.75, 3.05) is 7.05 Å². The third kappa shape index (κ3) is 2.96. The van der Waals surface area contributed by atoms with Crippen LogP contribution in [0.4, 0.5) is 0 Å². The van der Waals surface area contributed by atoms with Crippen molar-refractivity contribution in [1.29, 1.82) is 0 Å². The summed E-state index contributed by atoms with van der Waals surface area (Å²) in [4.78, 5) is 14.0. The molecule has 0 saturated heterocycles. The minimum Gasteiger partial charge on any atom is -0.336 e. The molecule has 0 aliphatic rings. The Morgan fingerprint density at radius 1 is 1.32 bits per heavy atom. The Kier molecular flexibility index (Phi) is 3.93. The van der Waals surface area contributed by atoms with Gasteiger partial charge in [-0.15, -0.1) is 0 Å². The van der Waals surface area contributed by atoms with Gasteiger partial charge in [0.1, 0.15) is 0 Å². The van der Waals surface area contributed by atoms with Crippen molar-refractivity contribution < 1.29 is 4.79 Å². The average Bonchev–Trinajstić information content (AvgIpc) is 2.80. The molecular weight excluding hydrogens is 357 g/mol. The lowest BCUT2D eigenvalue weighted by Crippen LogP contribution is -2.27. The van der Waals surface area contributed by atoms with Gasteiger partial charge in [0.2, 0.25) is 0 Å². The summed E-state index contributed by atoms with van der Waals surface area (Å²) in [5.41, 5.74) is 2.48. The molecule has 0 unspecified atom stereocenters. The summed E-state index contributed by atoms with van der Waals surface area (Å²) in [6.45, 7) is 2.48. The van der Waals surface area contributed by atoms with E-state index in [-0.39, 0.29) is 5.91 Å². The van der Waals surface area contributed by atoms with Crippen LogP contribution in [0, 0.1) is 10.5 Å². The SMILES string of the molecule is Cc1nn(C)cc1CN(C)C(=O)c1nn(C)cc1I. The number of amides is 1. The molecule has 0 fully saturated rings. The normalized spacial score (nSPS) is 10.8. The molecule has 0 spiro atoms. The molecule has 0 bridgehead atoms. The molecule has 0 N–H and O–H groups in total. The summed E-state index contributed by atoms with van der Waals surface area (Å²) in [6.07, 6.45) is 3.76. The van der Waals surface area contributed by atoms with Crippen LogP contribution in [0.1, 0.15) is 21.7 Å². The molecule has 0 aromatic carbocycles. The minimum absolute atomic E-state index is 0.0757. The lowest BCUT2D eigenvalue weighted by molar-refractivity contribution is 0.0777. The summed E-state index contributed by atoms with van der Waals surface area (Å²) in [6, 6.07) is 0.